The fourth-order valence-corrected chi connectivity index (χ4v) is 3.74. The standard InChI is InChI=1S/C28H30F4N4O7/c1-14(33)24-23(25(38)34-13-17-6-8-18(29)12-19(17)30)36-26(43-24)16-7-9-20(42-28(31)32)21(11-16)41-10-4-3-5-22(37)35-15(2)27(39)40/h6-9,11-12,14-15,28H,3-5,10,13,33H2,1-2H3,(H,34,38)(H,35,37)(H,39,40)/t14-,15-/m0/s1. The van der Waals surface area contributed by atoms with Crippen LogP contribution in [0.4, 0.5) is 17.6 Å². The number of amides is 2. The van der Waals surface area contributed by atoms with Gasteiger partial charge in [0.2, 0.25) is 11.8 Å². The van der Waals surface area contributed by atoms with Gasteiger partial charge in [0.05, 0.1) is 12.6 Å². The van der Waals surface area contributed by atoms with Crippen LogP contribution in [0.5, 0.6) is 11.5 Å². The predicted molar refractivity (Wildman–Crippen MR) is 143 cm³/mol. The number of aliphatic carboxylic acids is 1. The fraction of sp³-hybridized carbons (Fsp3) is 0.357. The molecular weight excluding hydrogens is 580 g/mol. The monoisotopic (exact) mass is 610 g/mol. The average molecular weight is 611 g/mol. The molecular formula is C28H30F4N4O7. The molecule has 232 valence electrons. The smallest absolute Gasteiger partial charge is 0.387 e. The van der Waals surface area contributed by atoms with Crippen LogP contribution in [-0.2, 0) is 16.1 Å². The largest absolute Gasteiger partial charge is 0.490 e. The van der Waals surface area contributed by atoms with Crippen molar-refractivity contribution < 1.29 is 50.9 Å². The lowest BCUT2D eigenvalue weighted by atomic mass is 10.2. The molecule has 1 aromatic heterocycles. The first-order valence-electron chi connectivity index (χ1n) is 13.1. The van der Waals surface area contributed by atoms with E-state index in [-0.39, 0.29) is 59.5 Å². The van der Waals surface area contributed by atoms with Crippen LogP contribution in [0.2, 0.25) is 0 Å². The van der Waals surface area contributed by atoms with Crippen molar-refractivity contribution in [3.63, 3.8) is 0 Å². The number of carbonyl (C=O) groups excluding carboxylic acids is 2. The number of carboxylic acids is 1. The lowest BCUT2D eigenvalue weighted by Crippen LogP contribution is -2.38. The van der Waals surface area contributed by atoms with Crippen molar-refractivity contribution in [3.05, 3.63) is 65.1 Å². The summed E-state index contributed by atoms with van der Waals surface area (Å²) in [7, 11) is 0. The van der Waals surface area contributed by atoms with Crippen molar-refractivity contribution in [2.75, 3.05) is 6.61 Å². The van der Waals surface area contributed by atoms with Crippen molar-refractivity contribution in [1.82, 2.24) is 15.6 Å². The van der Waals surface area contributed by atoms with Crippen molar-refractivity contribution in [1.29, 1.82) is 0 Å². The zero-order chi connectivity index (χ0) is 31.7. The van der Waals surface area contributed by atoms with E-state index in [4.69, 9.17) is 20.0 Å². The molecule has 11 nitrogen and oxygen atoms in total. The Bertz CT molecular complexity index is 1450. The number of carboxylic acid groups (broad SMARTS) is 1. The number of carbonyl (C=O) groups is 3. The number of aromatic nitrogens is 1. The fourth-order valence-electron chi connectivity index (χ4n) is 3.74. The summed E-state index contributed by atoms with van der Waals surface area (Å²) in [5.74, 6) is -4.47. The van der Waals surface area contributed by atoms with Crippen LogP contribution < -0.4 is 25.8 Å². The molecule has 0 bridgehead atoms. The molecule has 0 fully saturated rings. The highest BCUT2D eigenvalue weighted by molar-refractivity contribution is 5.94. The van der Waals surface area contributed by atoms with Crippen LogP contribution >= 0.6 is 0 Å². The van der Waals surface area contributed by atoms with Crippen LogP contribution in [-0.4, -0.2) is 47.1 Å². The molecule has 3 rings (SSSR count). The quantitative estimate of drug-likeness (QED) is 0.145. The third-order valence-electron chi connectivity index (χ3n) is 5.95. The molecule has 15 heteroatoms. The van der Waals surface area contributed by atoms with Gasteiger partial charge in [0.25, 0.3) is 5.91 Å². The number of ether oxygens (including phenoxy) is 2. The maximum atomic E-state index is 14.0. The van der Waals surface area contributed by atoms with Gasteiger partial charge in [0.15, 0.2) is 23.0 Å². The molecule has 5 N–H and O–H groups in total. The molecule has 3 aromatic rings. The van der Waals surface area contributed by atoms with Crippen molar-refractivity contribution in [3.8, 4) is 23.0 Å². The number of nitrogens with two attached hydrogens (primary N) is 1. The van der Waals surface area contributed by atoms with Gasteiger partial charge in [-0.15, -0.1) is 0 Å². The first-order chi connectivity index (χ1) is 20.3. The lowest BCUT2D eigenvalue weighted by Gasteiger charge is -2.13. The number of hydrogen-bond donors (Lipinski definition) is 4. The van der Waals surface area contributed by atoms with Gasteiger partial charge >= 0.3 is 12.6 Å². The summed E-state index contributed by atoms with van der Waals surface area (Å²) >= 11 is 0. The molecule has 0 saturated carbocycles. The summed E-state index contributed by atoms with van der Waals surface area (Å²) in [5, 5.41) is 13.6. The summed E-state index contributed by atoms with van der Waals surface area (Å²) in [5.41, 5.74) is 6.02. The Labute approximate surface area is 243 Å². The molecule has 0 aliphatic rings. The summed E-state index contributed by atoms with van der Waals surface area (Å²) in [6.07, 6.45) is 0.664. The third kappa shape index (κ3) is 9.43. The van der Waals surface area contributed by atoms with Gasteiger partial charge in [0, 0.05) is 30.2 Å². The summed E-state index contributed by atoms with van der Waals surface area (Å²) < 4.78 is 69.0. The van der Waals surface area contributed by atoms with Crippen LogP contribution in [0.1, 0.15) is 61.0 Å². The van der Waals surface area contributed by atoms with E-state index < -0.39 is 48.1 Å². The van der Waals surface area contributed by atoms with E-state index in [1.165, 1.54) is 38.1 Å². The molecule has 0 unspecified atom stereocenters. The molecule has 0 radical (unpaired) electrons. The van der Waals surface area contributed by atoms with Gasteiger partial charge < -0.3 is 35.4 Å². The molecule has 2 amide bonds. The minimum Gasteiger partial charge on any atom is -0.490 e. The summed E-state index contributed by atoms with van der Waals surface area (Å²) in [6.45, 7) is -0.562. The zero-order valence-corrected chi connectivity index (χ0v) is 23.2. The molecule has 43 heavy (non-hydrogen) atoms. The Hall–Kier alpha value is -4.66. The van der Waals surface area contributed by atoms with E-state index in [0.717, 1.165) is 6.07 Å². The summed E-state index contributed by atoms with van der Waals surface area (Å²) in [4.78, 5) is 39.8. The van der Waals surface area contributed by atoms with Gasteiger partial charge in [-0.2, -0.15) is 8.78 Å². The second-order valence-corrected chi connectivity index (χ2v) is 9.41. The Morgan fingerprint density at radius 2 is 1.81 bits per heavy atom. The van der Waals surface area contributed by atoms with E-state index in [9.17, 15) is 31.9 Å². The normalized spacial score (nSPS) is 12.5. The van der Waals surface area contributed by atoms with E-state index in [2.05, 4.69) is 20.4 Å². The maximum absolute atomic E-state index is 14.0. The Morgan fingerprint density at radius 3 is 2.47 bits per heavy atom. The van der Waals surface area contributed by atoms with Gasteiger partial charge in [-0.3, -0.25) is 14.4 Å². The van der Waals surface area contributed by atoms with Crippen LogP contribution in [0.15, 0.2) is 40.8 Å². The first-order valence-corrected chi connectivity index (χ1v) is 13.1. The second-order valence-electron chi connectivity index (χ2n) is 9.41. The van der Waals surface area contributed by atoms with E-state index in [0.29, 0.717) is 18.9 Å². The van der Waals surface area contributed by atoms with Gasteiger partial charge in [-0.1, -0.05) is 6.07 Å². The van der Waals surface area contributed by atoms with Crippen molar-refractivity contribution in [2.45, 2.75) is 58.3 Å². The van der Waals surface area contributed by atoms with Crippen molar-refractivity contribution >= 4 is 17.8 Å². The zero-order valence-electron chi connectivity index (χ0n) is 23.2. The lowest BCUT2D eigenvalue weighted by molar-refractivity contribution is -0.141. The van der Waals surface area contributed by atoms with E-state index in [1.54, 1.807) is 0 Å². The van der Waals surface area contributed by atoms with E-state index in [1.807, 2.05) is 0 Å². The number of rotatable bonds is 15. The third-order valence-corrected chi connectivity index (χ3v) is 5.95. The molecule has 0 saturated heterocycles. The van der Waals surface area contributed by atoms with Crippen LogP contribution in [0.3, 0.4) is 0 Å². The number of oxazole rings is 1. The SMILES string of the molecule is C[C@H](NC(=O)CCCCOc1cc(-c2nc(C(=O)NCc3ccc(F)cc3F)c([C@H](C)N)o2)ccc1OC(F)F)C(=O)O. The number of alkyl halides is 2. The van der Waals surface area contributed by atoms with E-state index >= 15 is 0 Å². The second kappa shape index (κ2) is 15.0. The summed E-state index contributed by atoms with van der Waals surface area (Å²) in [6, 6.07) is 4.95. The molecule has 0 aliphatic heterocycles. The molecule has 0 aliphatic carbocycles. The van der Waals surface area contributed by atoms with Gasteiger partial charge in [-0.05, 0) is 51.0 Å². The number of halogens is 4. The van der Waals surface area contributed by atoms with Gasteiger partial charge in [0.1, 0.15) is 17.7 Å². The van der Waals surface area contributed by atoms with Crippen LogP contribution in [0.25, 0.3) is 11.5 Å². The number of nitrogens with one attached hydrogen (secondary N) is 2. The predicted octanol–water partition coefficient (Wildman–Crippen LogP) is 4.31. The first kappa shape index (κ1) is 32.8. The Morgan fingerprint density at radius 1 is 1.07 bits per heavy atom. The average Bonchev–Trinajstić information content (AvgIpc) is 3.39. The van der Waals surface area contributed by atoms with Gasteiger partial charge in [-0.25, -0.2) is 13.8 Å². The Balaban J connectivity index is 1.73. The number of unbranched alkanes of at least 4 members (excludes halogenated alkanes) is 1. The Kier molecular flexibility index (Phi) is 11.5. The highest BCUT2D eigenvalue weighted by atomic mass is 19.3. The number of benzene rings is 2. The molecule has 2 aromatic carbocycles. The number of hydrogen-bond acceptors (Lipinski definition) is 8. The number of nitrogens with zero attached hydrogens (tertiary/aromatic N) is 1. The van der Waals surface area contributed by atoms with Crippen molar-refractivity contribution in [2.24, 2.45) is 5.73 Å². The minimum atomic E-state index is -3.15. The highest BCUT2D eigenvalue weighted by Crippen LogP contribution is 2.35. The highest BCUT2D eigenvalue weighted by Gasteiger charge is 2.24. The molecule has 0 spiro atoms. The topological polar surface area (TPSA) is 166 Å². The minimum absolute atomic E-state index is 0.00190. The molecule has 2 atom stereocenters. The van der Waals surface area contributed by atoms with Crippen LogP contribution in [0, 0.1) is 11.6 Å². The molecule has 1 heterocycles. The maximum Gasteiger partial charge on any atom is 0.387 e.